The molecule has 0 fully saturated rings. The summed E-state index contributed by atoms with van der Waals surface area (Å²) in [5, 5.41) is 0. The van der Waals surface area contributed by atoms with Crippen molar-refractivity contribution in [2.75, 3.05) is 7.11 Å². The number of para-hydroxylation sites is 1. The number of hydrogen-bond donors (Lipinski definition) is 1. The minimum absolute atomic E-state index is 0.0630. The Labute approximate surface area is 139 Å². The summed E-state index contributed by atoms with van der Waals surface area (Å²) in [5.41, 5.74) is 0.980. The number of alkyl halides is 2. The minimum Gasteiger partial charge on any atom is -0.496 e. The third-order valence-corrected chi connectivity index (χ3v) is 4.72. The van der Waals surface area contributed by atoms with Crippen LogP contribution in [0.1, 0.15) is 11.1 Å². The molecule has 0 heterocycles. The molecule has 24 heavy (non-hydrogen) atoms. The SMILES string of the molecule is COc1ccc(S(=O)(=O)NCc2ccccc2OC(F)F)cc1C. The molecule has 0 aliphatic carbocycles. The summed E-state index contributed by atoms with van der Waals surface area (Å²) in [6.07, 6.45) is 0. The summed E-state index contributed by atoms with van der Waals surface area (Å²) in [6.45, 7) is -1.42. The number of methoxy groups -OCH3 is 1. The number of aryl methyl sites for hydroxylation is 1. The highest BCUT2D eigenvalue weighted by Gasteiger charge is 2.17. The van der Waals surface area contributed by atoms with Crippen LogP contribution in [-0.2, 0) is 16.6 Å². The van der Waals surface area contributed by atoms with Crippen molar-refractivity contribution in [2.45, 2.75) is 25.0 Å². The molecule has 5 nitrogen and oxygen atoms in total. The monoisotopic (exact) mass is 357 g/mol. The van der Waals surface area contributed by atoms with E-state index in [-0.39, 0.29) is 17.2 Å². The van der Waals surface area contributed by atoms with Crippen molar-refractivity contribution in [1.82, 2.24) is 4.72 Å². The molecule has 130 valence electrons. The second kappa shape index (κ2) is 7.59. The molecule has 0 bridgehead atoms. The Hall–Kier alpha value is -2.19. The van der Waals surface area contributed by atoms with Crippen LogP contribution in [0, 0.1) is 6.92 Å². The molecule has 0 saturated carbocycles. The van der Waals surface area contributed by atoms with Crippen LogP contribution >= 0.6 is 0 Å². The van der Waals surface area contributed by atoms with Crippen molar-refractivity contribution in [3.63, 3.8) is 0 Å². The van der Waals surface area contributed by atoms with Gasteiger partial charge < -0.3 is 9.47 Å². The Bertz CT molecular complexity index is 809. The van der Waals surface area contributed by atoms with Crippen LogP contribution in [0.4, 0.5) is 8.78 Å². The maximum atomic E-state index is 12.4. The van der Waals surface area contributed by atoms with Crippen molar-refractivity contribution in [3.05, 3.63) is 53.6 Å². The van der Waals surface area contributed by atoms with Crippen LogP contribution in [0.15, 0.2) is 47.4 Å². The molecule has 2 aromatic carbocycles. The number of halogens is 2. The molecule has 0 aliphatic heterocycles. The molecule has 0 radical (unpaired) electrons. The summed E-state index contributed by atoms with van der Waals surface area (Å²) in [4.78, 5) is 0.0630. The molecule has 1 N–H and O–H groups in total. The van der Waals surface area contributed by atoms with E-state index < -0.39 is 16.6 Å². The predicted octanol–water partition coefficient (Wildman–Crippen LogP) is 3.08. The lowest BCUT2D eigenvalue weighted by atomic mass is 10.2. The van der Waals surface area contributed by atoms with Gasteiger partial charge in [-0.15, -0.1) is 0 Å². The van der Waals surface area contributed by atoms with Crippen molar-refractivity contribution in [2.24, 2.45) is 0 Å². The van der Waals surface area contributed by atoms with Gasteiger partial charge in [-0.25, -0.2) is 13.1 Å². The van der Waals surface area contributed by atoms with Gasteiger partial charge in [0, 0.05) is 12.1 Å². The molecule has 2 rings (SSSR count). The zero-order chi connectivity index (χ0) is 17.7. The van der Waals surface area contributed by atoms with Gasteiger partial charge in [0.25, 0.3) is 0 Å². The molecule has 0 atom stereocenters. The molecule has 8 heteroatoms. The van der Waals surface area contributed by atoms with Crippen LogP contribution < -0.4 is 14.2 Å². The first-order valence-corrected chi connectivity index (χ1v) is 8.49. The Balaban J connectivity index is 2.18. The first kappa shape index (κ1) is 18.2. The van der Waals surface area contributed by atoms with E-state index >= 15 is 0 Å². The fourth-order valence-corrected chi connectivity index (χ4v) is 3.23. The van der Waals surface area contributed by atoms with Crippen LogP contribution in [0.3, 0.4) is 0 Å². The Morgan fingerprint density at radius 3 is 2.46 bits per heavy atom. The van der Waals surface area contributed by atoms with E-state index in [1.54, 1.807) is 19.1 Å². The first-order chi connectivity index (χ1) is 11.3. The summed E-state index contributed by atoms with van der Waals surface area (Å²) in [7, 11) is -2.31. The second-order valence-corrected chi connectivity index (χ2v) is 6.71. The van der Waals surface area contributed by atoms with E-state index in [0.717, 1.165) is 0 Å². The molecule has 2 aromatic rings. The largest absolute Gasteiger partial charge is 0.496 e. The second-order valence-electron chi connectivity index (χ2n) is 4.94. The Morgan fingerprint density at radius 1 is 1.12 bits per heavy atom. The fourth-order valence-electron chi connectivity index (χ4n) is 2.13. The normalized spacial score (nSPS) is 11.5. The highest BCUT2D eigenvalue weighted by atomic mass is 32.2. The molecule has 0 amide bonds. The van der Waals surface area contributed by atoms with E-state index in [4.69, 9.17) is 4.74 Å². The first-order valence-electron chi connectivity index (χ1n) is 7.00. The Morgan fingerprint density at radius 2 is 1.83 bits per heavy atom. The Kier molecular flexibility index (Phi) is 5.74. The van der Waals surface area contributed by atoms with Crippen LogP contribution in [0.2, 0.25) is 0 Å². The number of sulfonamides is 1. The van der Waals surface area contributed by atoms with Gasteiger partial charge in [0.2, 0.25) is 10.0 Å². The van der Waals surface area contributed by atoms with Crippen molar-refractivity contribution in [1.29, 1.82) is 0 Å². The number of rotatable bonds is 7. The van der Waals surface area contributed by atoms with E-state index in [0.29, 0.717) is 16.9 Å². The maximum Gasteiger partial charge on any atom is 0.387 e. The zero-order valence-corrected chi connectivity index (χ0v) is 13.9. The van der Waals surface area contributed by atoms with Gasteiger partial charge in [0.05, 0.1) is 12.0 Å². The lowest BCUT2D eigenvalue weighted by Crippen LogP contribution is -2.23. The van der Waals surface area contributed by atoms with Gasteiger partial charge in [0.1, 0.15) is 11.5 Å². The van der Waals surface area contributed by atoms with Crippen LogP contribution in [-0.4, -0.2) is 22.1 Å². The molecule has 0 spiro atoms. The van der Waals surface area contributed by atoms with E-state index in [1.807, 2.05) is 0 Å². The average Bonchev–Trinajstić information content (AvgIpc) is 2.53. The maximum absolute atomic E-state index is 12.4. The minimum atomic E-state index is -3.80. The zero-order valence-electron chi connectivity index (χ0n) is 13.1. The van der Waals surface area contributed by atoms with E-state index in [9.17, 15) is 17.2 Å². The number of benzene rings is 2. The van der Waals surface area contributed by atoms with Gasteiger partial charge >= 0.3 is 6.61 Å². The van der Waals surface area contributed by atoms with Crippen molar-refractivity contribution < 1.29 is 26.7 Å². The smallest absolute Gasteiger partial charge is 0.387 e. The quantitative estimate of drug-likeness (QED) is 0.827. The third-order valence-electron chi connectivity index (χ3n) is 3.32. The number of hydrogen-bond acceptors (Lipinski definition) is 4. The van der Waals surface area contributed by atoms with Gasteiger partial charge in [-0.1, -0.05) is 18.2 Å². The fraction of sp³-hybridized carbons (Fsp3) is 0.250. The highest BCUT2D eigenvalue weighted by molar-refractivity contribution is 7.89. The van der Waals surface area contributed by atoms with Crippen molar-refractivity contribution >= 4 is 10.0 Å². The number of nitrogens with one attached hydrogen (secondary N) is 1. The lowest BCUT2D eigenvalue weighted by molar-refractivity contribution is -0.0504. The van der Waals surface area contributed by atoms with Crippen molar-refractivity contribution in [3.8, 4) is 11.5 Å². The van der Waals surface area contributed by atoms with Gasteiger partial charge in [-0.05, 0) is 36.8 Å². The topological polar surface area (TPSA) is 64.6 Å². The molecule has 0 aromatic heterocycles. The van der Waals surface area contributed by atoms with E-state index in [2.05, 4.69) is 9.46 Å². The molecular weight excluding hydrogens is 340 g/mol. The molecule has 0 unspecified atom stereocenters. The summed E-state index contributed by atoms with van der Waals surface area (Å²) >= 11 is 0. The van der Waals surface area contributed by atoms with Gasteiger partial charge in [-0.2, -0.15) is 8.78 Å². The summed E-state index contributed by atoms with van der Waals surface area (Å²) in [5.74, 6) is 0.505. The summed E-state index contributed by atoms with van der Waals surface area (Å²) in [6, 6.07) is 10.4. The standard InChI is InChI=1S/C16H17F2NO4S/c1-11-9-13(7-8-14(11)22-2)24(20,21)19-10-12-5-3-4-6-15(12)23-16(17)18/h3-9,16,19H,10H2,1-2H3. The number of ether oxygens (including phenoxy) is 2. The third kappa shape index (κ3) is 4.42. The van der Waals surface area contributed by atoms with Gasteiger partial charge in [-0.3, -0.25) is 0 Å². The van der Waals surface area contributed by atoms with E-state index in [1.165, 1.54) is 37.4 Å². The van der Waals surface area contributed by atoms with Crippen LogP contribution in [0.5, 0.6) is 11.5 Å². The molecular formula is C16H17F2NO4S. The molecule has 0 aliphatic rings. The lowest BCUT2D eigenvalue weighted by Gasteiger charge is -2.12. The predicted molar refractivity (Wildman–Crippen MR) is 84.8 cm³/mol. The highest BCUT2D eigenvalue weighted by Crippen LogP contribution is 2.23. The van der Waals surface area contributed by atoms with Gasteiger partial charge in [0.15, 0.2) is 0 Å². The summed E-state index contributed by atoms with van der Waals surface area (Å²) < 4.78 is 61.3. The average molecular weight is 357 g/mol. The van der Waals surface area contributed by atoms with Crippen LogP contribution in [0.25, 0.3) is 0 Å². The molecule has 0 saturated heterocycles.